The second-order valence-electron chi connectivity index (χ2n) is 4.36. The van der Waals surface area contributed by atoms with Gasteiger partial charge >= 0.3 is 12.1 Å². The van der Waals surface area contributed by atoms with Gasteiger partial charge in [0.25, 0.3) is 0 Å². The number of esters is 1. The number of halogens is 3. The van der Waals surface area contributed by atoms with E-state index in [0.717, 1.165) is 12.1 Å². The number of phenolic OH excluding ortho intramolecular Hbond substituents is 1. The van der Waals surface area contributed by atoms with Crippen molar-refractivity contribution in [2.75, 3.05) is 6.61 Å². The number of ether oxygens (including phenoxy) is 1. The standard InChI is InChI=1S/C14H17F3O3/c1-2-20-13(19)6-4-3-5-10-7-8-11(12(18)9-10)14(15,16)17/h7-9,18H,2-6H2,1H3. The van der Waals surface area contributed by atoms with Gasteiger partial charge in [0.2, 0.25) is 0 Å². The smallest absolute Gasteiger partial charge is 0.419 e. The van der Waals surface area contributed by atoms with Crippen LogP contribution in [-0.4, -0.2) is 17.7 Å². The lowest BCUT2D eigenvalue weighted by Gasteiger charge is -2.10. The summed E-state index contributed by atoms with van der Waals surface area (Å²) in [5, 5.41) is 9.35. The highest BCUT2D eigenvalue weighted by atomic mass is 19.4. The van der Waals surface area contributed by atoms with Gasteiger partial charge in [-0.3, -0.25) is 4.79 Å². The molecule has 0 aromatic heterocycles. The van der Waals surface area contributed by atoms with Gasteiger partial charge in [0, 0.05) is 6.42 Å². The summed E-state index contributed by atoms with van der Waals surface area (Å²) in [6.07, 6.45) is -2.51. The highest BCUT2D eigenvalue weighted by molar-refractivity contribution is 5.69. The Hall–Kier alpha value is -1.72. The topological polar surface area (TPSA) is 46.5 Å². The molecule has 0 atom stereocenters. The maximum atomic E-state index is 12.4. The van der Waals surface area contributed by atoms with Crippen molar-refractivity contribution in [3.8, 4) is 5.75 Å². The van der Waals surface area contributed by atoms with E-state index in [2.05, 4.69) is 0 Å². The molecule has 0 radical (unpaired) electrons. The van der Waals surface area contributed by atoms with Gasteiger partial charge in [0.05, 0.1) is 12.2 Å². The van der Waals surface area contributed by atoms with Crippen molar-refractivity contribution in [3.63, 3.8) is 0 Å². The first-order chi connectivity index (χ1) is 9.34. The van der Waals surface area contributed by atoms with Crippen LogP contribution in [0.15, 0.2) is 18.2 Å². The number of aromatic hydroxyl groups is 1. The largest absolute Gasteiger partial charge is 0.507 e. The lowest BCUT2D eigenvalue weighted by atomic mass is 10.0. The number of alkyl halides is 3. The van der Waals surface area contributed by atoms with E-state index in [9.17, 15) is 23.1 Å². The molecule has 0 saturated carbocycles. The van der Waals surface area contributed by atoms with Crippen molar-refractivity contribution >= 4 is 5.97 Å². The Labute approximate surface area is 115 Å². The molecule has 1 N–H and O–H groups in total. The summed E-state index contributed by atoms with van der Waals surface area (Å²) in [5.41, 5.74) is -0.424. The number of aryl methyl sites for hydroxylation is 1. The van der Waals surface area contributed by atoms with E-state index < -0.39 is 17.5 Å². The molecular weight excluding hydrogens is 273 g/mol. The summed E-state index contributed by atoms with van der Waals surface area (Å²) >= 11 is 0. The fourth-order valence-corrected chi connectivity index (χ4v) is 1.80. The number of benzene rings is 1. The zero-order valence-electron chi connectivity index (χ0n) is 11.2. The average Bonchev–Trinajstić information content (AvgIpc) is 2.33. The molecule has 1 rings (SSSR count). The number of unbranched alkanes of at least 4 members (excludes halogenated alkanes) is 1. The summed E-state index contributed by atoms with van der Waals surface area (Å²) in [7, 11) is 0. The zero-order chi connectivity index (χ0) is 15.2. The summed E-state index contributed by atoms with van der Waals surface area (Å²) < 4.78 is 42.1. The molecule has 0 aliphatic carbocycles. The van der Waals surface area contributed by atoms with Crippen molar-refractivity contribution in [1.29, 1.82) is 0 Å². The van der Waals surface area contributed by atoms with Crippen molar-refractivity contribution < 1.29 is 27.8 Å². The zero-order valence-corrected chi connectivity index (χ0v) is 11.2. The number of hydrogen-bond donors (Lipinski definition) is 1. The van der Waals surface area contributed by atoms with Gasteiger partial charge in [-0.15, -0.1) is 0 Å². The Balaban J connectivity index is 2.46. The van der Waals surface area contributed by atoms with Crippen LogP contribution in [0.3, 0.4) is 0 Å². The van der Waals surface area contributed by atoms with Crippen LogP contribution in [0.5, 0.6) is 5.75 Å². The van der Waals surface area contributed by atoms with Crippen molar-refractivity contribution in [2.24, 2.45) is 0 Å². The predicted molar refractivity (Wildman–Crippen MR) is 67.3 cm³/mol. The first kappa shape index (κ1) is 16.3. The molecule has 0 amide bonds. The monoisotopic (exact) mass is 290 g/mol. The molecular formula is C14H17F3O3. The SMILES string of the molecule is CCOC(=O)CCCCc1ccc(C(F)(F)F)c(O)c1. The molecule has 0 unspecified atom stereocenters. The van der Waals surface area contributed by atoms with Crippen LogP contribution < -0.4 is 0 Å². The van der Waals surface area contributed by atoms with Crippen LogP contribution in [0, 0.1) is 0 Å². The predicted octanol–water partition coefficient (Wildman–Crippen LogP) is 3.69. The molecule has 1 aromatic carbocycles. The van der Waals surface area contributed by atoms with E-state index in [1.54, 1.807) is 6.92 Å². The molecule has 20 heavy (non-hydrogen) atoms. The Morgan fingerprint density at radius 1 is 1.30 bits per heavy atom. The molecule has 0 heterocycles. The summed E-state index contributed by atoms with van der Waals surface area (Å²) in [6, 6.07) is 3.33. The Bertz CT molecular complexity index is 455. The van der Waals surface area contributed by atoms with E-state index >= 15 is 0 Å². The van der Waals surface area contributed by atoms with Gasteiger partial charge in [-0.05, 0) is 43.9 Å². The van der Waals surface area contributed by atoms with Gasteiger partial charge < -0.3 is 9.84 Å². The summed E-state index contributed by atoms with van der Waals surface area (Å²) in [6.45, 7) is 2.06. The van der Waals surface area contributed by atoms with E-state index in [1.165, 1.54) is 6.07 Å². The van der Waals surface area contributed by atoms with Crippen molar-refractivity contribution in [2.45, 2.75) is 38.8 Å². The van der Waals surface area contributed by atoms with Crippen LogP contribution >= 0.6 is 0 Å². The molecule has 0 aliphatic rings. The highest BCUT2D eigenvalue weighted by Crippen LogP contribution is 2.36. The second kappa shape index (κ2) is 7.17. The number of rotatable bonds is 6. The Morgan fingerprint density at radius 3 is 2.55 bits per heavy atom. The first-order valence-corrected chi connectivity index (χ1v) is 6.39. The van der Waals surface area contributed by atoms with Crippen LogP contribution in [-0.2, 0) is 22.1 Å². The quantitative estimate of drug-likeness (QED) is 0.642. The Kier molecular flexibility index (Phi) is 5.85. The van der Waals surface area contributed by atoms with E-state index in [0.29, 0.717) is 37.9 Å². The van der Waals surface area contributed by atoms with Crippen molar-refractivity contribution in [1.82, 2.24) is 0 Å². The lowest BCUT2D eigenvalue weighted by Crippen LogP contribution is -2.05. The van der Waals surface area contributed by atoms with E-state index in [1.807, 2.05) is 0 Å². The van der Waals surface area contributed by atoms with Gasteiger partial charge in [0.15, 0.2) is 0 Å². The summed E-state index contributed by atoms with van der Waals surface area (Å²) in [4.78, 5) is 11.1. The third-order valence-corrected chi connectivity index (χ3v) is 2.77. The highest BCUT2D eigenvalue weighted by Gasteiger charge is 2.33. The molecule has 0 aliphatic heterocycles. The maximum Gasteiger partial charge on any atom is 0.419 e. The third kappa shape index (κ3) is 5.11. The van der Waals surface area contributed by atoms with Gasteiger partial charge in [0.1, 0.15) is 5.75 Å². The third-order valence-electron chi connectivity index (χ3n) is 2.77. The molecule has 6 heteroatoms. The lowest BCUT2D eigenvalue weighted by molar-refractivity contribution is -0.143. The van der Waals surface area contributed by atoms with Gasteiger partial charge in [-0.1, -0.05) is 6.07 Å². The Morgan fingerprint density at radius 2 is 2.00 bits per heavy atom. The molecule has 0 saturated heterocycles. The van der Waals surface area contributed by atoms with Gasteiger partial charge in [-0.25, -0.2) is 0 Å². The van der Waals surface area contributed by atoms with Crippen LogP contribution in [0.25, 0.3) is 0 Å². The van der Waals surface area contributed by atoms with Crippen LogP contribution in [0.1, 0.15) is 37.3 Å². The number of carbonyl (C=O) groups is 1. The average molecular weight is 290 g/mol. The van der Waals surface area contributed by atoms with Crippen LogP contribution in [0.4, 0.5) is 13.2 Å². The minimum absolute atomic E-state index is 0.275. The number of phenols is 1. The van der Waals surface area contributed by atoms with E-state index in [-0.39, 0.29) is 5.97 Å². The first-order valence-electron chi connectivity index (χ1n) is 6.39. The fourth-order valence-electron chi connectivity index (χ4n) is 1.80. The molecule has 1 aromatic rings. The normalized spacial score (nSPS) is 11.4. The summed E-state index contributed by atoms with van der Waals surface area (Å²) in [5.74, 6) is -1.04. The molecule has 0 fully saturated rings. The van der Waals surface area contributed by atoms with Crippen molar-refractivity contribution in [3.05, 3.63) is 29.3 Å². The molecule has 3 nitrogen and oxygen atoms in total. The second-order valence-corrected chi connectivity index (χ2v) is 4.36. The minimum atomic E-state index is -4.55. The fraction of sp³-hybridized carbons (Fsp3) is 0.500. The number of carbonyl (C=O) groups excluding carboxylic acids is 1. The number of hydrogen-bond acceptors (Lipinski definition) is 3. The molecule has 0 bridgehead atoms. The maximum absolute atomic E-state index is 12.4. The molecule has 0 spiro atoms. The van der Waals surface area contributed by atoms with Crippen LogP contribution in [0.2, 0.25) is 0 Å². The van der Waals surface area contributed by atoms with Gasteiger partial charge in [-0.2, -0.15) is 13.2 Å². The minimum Gasteiger partial charge on any atom is -0.507 e. The molecule has 112 valence electrons. The van der Waals surface area contributed by atoms with E-state index in [4.69, 9.17) is 4.74 Å².